The van der Waals surface area contributed by atoms with Crippen molar-refractivity contribution in [2.75, 3.05) is 52.5 Å². The summed E-state index contributed by atoms with van der Waals surface area (Å²) in [7, 11) is 0. The first kappa shape index (κ1) is 37.8. The molecule has 0 unspecified atom stereocenters. The molecule has 0 amide bonds. The fourth-order valence-corrected chi connectivity index (χ4v) is 5.36. The Hall–Kier alpha value is -4.04. The summed E-state index contributed by atoms with van der Waals surface area (Å²) in [5.41, 5.74) is -2.35. The molecule has 7 nitrogen and oxygen atoms in total. The molecule has 268 valence electrons. The largest absolute Gasteiger partial charge is 0.493 e. The predicted octanol–water partition coefficient (Wildman–Crippen LogP) is 9.42. The third kappa shape index (κ3) is 10.0. The molecule has 0 aliphatic heterocycles. The predicted molar refractivity (Wildman–Crippen MR) is 174 cm³/mol. The summed E-state index contributed by atoms with van der Waals surface area (Å²) >= 11 is 0. The van der Waals surface area contributed by atoms with Crippen molar-refractivity contribution in [3.05, 3.63) is 65.5 Å². The van der Waals surface area contributed by atoms with Crippen molar-refractivity contribution < 1.29 is 44.9 Å². The second-order valence-electron chi connectivity index (χ2n) is 11.3. The van der Waals surface area contributed by atoms with Gasteiger partial charge in [0.25, 0.3) is 0 Å². The summed E-state index contributed by atoms with van der Waals surface area (Å²) in [5.74, 6) is -1.70. The van der Waals surface area contributed by atoms with Crippen LogP contribution in [0.25, 0.3) is 22.4 Å². The van der Waals surface area contributed by atoms with Crippen molar-refractivity contribution in [2.45, 2.75) is 52.9 Å². The molecule has 3 aromatic carbocycles. The highest BCUT2D eigenvalue weighted by molar-refractivity contribution is 5.87. The Labute approximate surface area is 281 Å². The lowest BCUT2D eigenvalue weighted by atomic mass is 10.1. The molecule has 0 bridgehead atoms. The minimum Gasteiger partial charge on any atom is -0.493 e. The van der Waals surface area contributed by atoms with Crippen molar-refractivity contribution in [1.29, 1.82) is 0 Å². The summed E-state index contributed by atoms with van der Waals surface area (Å²) in [6.45, 7) is 14.4. The highest BCUT2D eigenvalue weighted by atomic mass is 19.4. The molecular weight excluding hydrogens is 657 g/mol. The smallest absolute Gasteiger partial charge is 0.419 e. The first-order chi connectivity index (χ1) is 23.3. The summed E-state index contributed by atoms with van der Waals surface area (Å²) in [4.78, 5) is 12.0. The molecular formula is C35H41F7N4O3. The third-order valence-corrected chi connectivity index (χ3v) is 8.11. The number of halogens is 7. The zero-order valence-corrected chi connectivity index (χ0v) is 27.9. The fourth-order valence-electron chi connectivity index (χ4n) is 5.36. The van der Waals surface area contributed by atoms with E-state index in [0.717, 1.165) is 57.8 Å². The number of nitrogens with one attached hydrogen (secondary N) is 1. The number of fused-ring (bicyclic) bond motifs is 1. The Morgan fingerprint density at radius 1 is 0.673 bits per heavy atom. The van der Waals surface area contributed by atoms with Crippen molar-refractivity contribution in [3.63, 3.8) is 0 Å². The van der Waals surface area contributed by atoms with Crippen LogP contribution in [-0.2, 0) is 12.4 Å². The lowest BCUT2D eigenvalue weighted by Gasteiger charge is -2.18. The Morgan fingerprint density at radius 2 is 1.22 bits per heavy atom. The first-order valence-corrected chi connectivity index (χ1v) is 16.3. The lowest BCUT2D eigenvalue weighted by molar-refractivity contribution is -0.140. The minimum absolute atomic E-state index is 0.110. The number of benzene rings is 3. The van der Waals surface area contributed by atoms with Crippen LogP contribution in [0.5, 0.6) is 23.0 Å². The number of nitrogens with zero attached hydrogens (tertiary/aromatic N) is 3. The molecule has 1 aromatic heterocycles. The van der Waals surface area contributed by atoms with Gasteiger partial charge in [-0.25, -0.2) is 9.37 Å². The summed E-state index contributed by atoms with van der Waals surface area (Å²) in [6.07, 6.45) is -8.42. The molecule has 0 saturated carbocycles. The highest BCUT2D eigenvalue weighted by Crippen LogP contribution is 2.41. The molecule has 49 heavy (non-hydrogen) atoms. The highest BCUT2D eigenvalue weighted by Gasteiger charge is 2.36. The van der Waals surface area contributed by atoms with Gasteiger partial charge in [0.2, 0.25) is 0 Å². The van der Waals surface area contributed by atoms with E-state index in [2.05, 4.69) is 47.5 Å². The number of aromatic nitrogens is 2. The Kier molecular flexibility index (Phi) is 12.8. The van der Waals surface area contributed by atoms with Crippen molar-refractivity contribution in [3.8, 4) is 34.4 Å². The third-order valence-electron chi connectivity index (χ3n) is 8.11. The molecule has 1 N–H and O–H groups in total. The SMILES string of the molecule is CCN(CC)CCCOc1cc(OCCCN(CC)CC)c2nc(-c3ccc(Oc4ccc(F)c(C(F)(F)F)c4)cc3C(F)(F)F)[nH]c2c1. The zero-order chi connectivity index (χ0) is 35.8. The van der Waals surface area contributed by atoms with E-state index >= 15 is 0 Å². The monoisotopic (exact) mass is 698 g/mol. The van der Waals surface area contributed by atoms with Crippen LogP contribution in [0.15, 0.2) is 48.5 Å². The van der Waals surface area contributed by atoms with Crippen molar-refractivity contribution in [2.24, 2.45) is 0 Å². The summed E-state index contributed by atoms with van der Waals surface area (Å²) in [5, 5.41) is 0. The van der Waals surface area contributed by atoms with E-state index in [4.69, 9.17) is 14.2 Å². The Bertz CT molecular complexity index is 1670. The van der Waals surface area contributed by atoms with Gasteiger partial charge in [0.05, 0.1) is 29.9 Å². The molecule has 0 spiro atoms. The van der Waals surface area contributed by atoms with E-state index < -0.39 is 40.8 Å². The van der Waals surface area contributed by atoms with Gasteiger partial charge < -0.3 is 29.0 Å². The van der Waals surface area contributed by atoms with Crippen LogP contribution in [0.3, 0.4) is 0 Å². The number of alkyl halides is 6. The number of ether oxygens (including phenoxy) is 3. The number of hydrogen-bond donors (Lipinski definition) is 1. The normalized spacial score (nSPS) is 12.3. The maximum atomic E-state index is 14.4. The topological polar surface area (TPSA) is 62.9 Å². The van der Waals surface area contributed by atoms with Crippen molar-refractivity contribution in [1.82, 2.24) is 19.8 Å². The zero-order valence-electron chi connectivity index (χ0n) is 27.9. The number of H-pyrrole nitrogens is 1. The van der Waals surface area contributed by atoms with E-state index in [-0.39, 0.29) is 11.4 Å². The van der Waals surface area contributed by atoms with E-state index in [1.165, 1.54) is 6.07 Å². The van der Waals surface area contributed by atoms with E-state index in [9.17, 15) is 30.7 Å². The quantitative estimate of drug-likeness (QED) is 0.0876. The Morgan fingerprint density at radius 3 is 1.80 bits per heavy atom. The van der Waals surface area contributed by atoms with Gasteiger partial charge in [-0.15, -0.1) is 0 Å². The molecule has 0 aliphatic carbocycles. The molecule has 0 saturated heterocycles. The fraction of sp³-hybridized carbons (Fsp3) is 0.457. The molecule has 0 aliphatic rings. The number of imidazole rings is 1. The van der Waals surface area contributed by atoms with Crippen LogP contribution in [0.2, 0.25) is 0 Å². The van der Waals surface area contributed by atoms with E-state index in [1.54, 1.807) is 12.1 Å². The summed E-state index contributed by atoms with van der Waals surface area (Å²) < 4.78 is 114. The minimum atomic E-state index is -5.02. The van der Waals surface area contributed by atoms with Gasteiger partial charge in [-0.05, 0) is 75.4 Å². The summed E-state index contributed by atoms with van der Waals surface area (Å²) in [6, 6.07) is 8.11. The average Bonchev–Trinajstić information content (AvgIpc) is 3.49. The molecule has 14 heteroatoms. The van der Waals surface area contributed by atoms with Crippen LogP contribution in [0.4, 0.5) is 30.7 Å². The van der Waals surface area contributed by atoms with E-state index in [1.807, 2.05) is 0 Å². The van der Waals surface area contributed by atoms with Gasteiger partial charge in [0.15, 0.2) is 5.75 Å². The first-order valence-electron chi connectivity index (χ1n) is 16.3. The van der Waals surface area contributed by atoms with Gasteiger partial charge in [0, 0.05) is 30.8 Å². The van der Waals surface area contributed by atoms with Crippen LogP contribution < -0.4 is 14.2 Å². The van der Waals surface area contributed by atoms with Crippen LogP contribution in [0.1, 0.15) is 51.7 Å². The van der Waals surface area contributed by atoms with Gasteiger partial charge >= 0.3 is 12.4 Å². The molecule has 4 rings (SSSR count). The van der Waals surface area contributed by atoms with Crippen molar-refractivity contribution >= 4 is 11.0 Å². The number of hydrogen-bond acceptors (Lipinski definition) is 6. The maximum Gasteiger partial charge on any atom is 0.419 e. The van der Waals surface area contributed by atoms with Crippen LogP contribution >= 0.6 is 0 Å². The molecule has 0 atom stereocenters. The molecule has 1 heterocycles. The number of aromatic amines is 1. The van der Waals surface area contributed by atoms with Crippen LogP contribution in [-0.4, -0.2) is 72.3 Å². The standard InChI is InChI=1S/C35H41F7N4O3/c1-5-45(6-2)15-9-17-47-25-21-30-32(31(22-25)48-18-10-16-46(7-3)8-4)44-33(43-30)26-13-11-23(19-27(26)34(37,38)39)49-24-12-14-29(36)28(20-24)35(40,41)42/h11-14,19-22H,5-10,15-18H2,1-4H3,(H,43,44). The average molecular weight is 699 g/mol. The van der Waals surface area contributed by atoms with Gasteiger partial charge in [0.1, 0.15) is 34.4 Å². The Balaban J connectivity index is 1.66. The van der Waals surface area contributed by atoms with Gasteiger partial charge in [-0.1, -0.05) is 27.7 Å². The second-order valence-corrected chi connectivity index (χ2v) is 11.3. The van der Waals surface area contributed by atoms with Gasteiger partial charge in [-0.3, -0.25) is 0 Å². The van der Waals surface area contributed by atoms with Crippen LogP contribution in [0, 0.1) is 5.82 Å². The second kappa shape index (κ2) is 16.6. The number of rotatable bonds is 17. The molecule has 4 aromatic rings. The van der Waals surface area contributed by atoms with E-state index in [0.29, 0.717) is 60.4 Å². The molecule has 0 fully saturated rings. The maximum absolute atomic E-state index is 14.4. The van der Waals surface area contributed by atoms with Gasteiger partial charge in [-0.2, -0.15) is 26.3 Å². The lowest BCUT2D eigenvalue weighted by Crippen LogP contribution is -2.25. The molecule has 0 radical (unpaired) electrons.